The SMILES string of the molecule is CCCCC(=O)NCc1cccnc1-c1ccncc1. The van der Waals surface area contributed by atoms with Gasteiger partial charge in [0, 0.05) is 37.1 Å². The number of amides is 1. The van der Waals surface area contributed by atoms with Gasteiger partial charge in [0.1, 0.15) is 0 Å². The Balaban J connectivity index is 2.07. The zero-order chi connectivity index (χ0) is 14.2. The molecule has 2 heterocycles. The molecule has 0 atom stereocenters. The smallest absolute Gasteiger partial charge is 0.220 e. The van der Waals surface area contributed by atoms with Crippen molar-refractivity contribution < 1.29 is 4.79 Å². The van der Waals surface area contributed by atoms with Gasteiger partial charge in [-0.2, -0.15) is 0 Å². The average Bonchev–Trinajstić information content (AvgIpc) is 2.52. The van der Waals surface area contributed by atoms with Crippen LogP contribution in [0.15, 0.2) is 42.9 Å². The Labute approximate surface area is 119 Å². The molecule has 2 aromatic rings. The summed E-state index contributed by atoms with van der Waals surface area (Å²) in [6.45, 7) is 2.59. The minimum Gasteiger partial charge on any atom is -0.352 e. The maximum atomic E-state index is 11.7. The highest BCUT2D eigenvalue weighted by Gasteiger charge is 2.07. The van der Waals surface area contributed by atoms with Gasteiger partial charge in [-0.15, -0.1) is 0 Å². The van der Waals surface area contributed by atoms with Gasteiger partial charge in [0.15, 0.2) is 0 Å². The summed E-state index contributed by atoms with van der Waals surface area (Å²) in [5.41, 5.74) is 2.92. The first kappa shape index (κ1) is 14.2. The minimum absolute atomic E-state index is 0.0939. The van der Waals surface area contributed by atoms with Crippen LogP contribution in [0.3, 0.4) is 0 Å². The number of rotatable bonds is 6. The molecule has 20 heavy (non-hydrogen) atoms. The molecule has 1 N–H and O–H groups in total. The molecule has 4 heteroatoms. The lowest BCUT2D eigenvalue weighted by Gasteiger charge is -2.09. The molecule has 0 unspecified atom stereocenters. The van der Waals surface area contributed by atoms with Gasteiger partial charge in [0.2, 0.25) is 5.91 Å². The predicted molar refractivity (Wildman–Crippen MR) is 78.8 cm³/mol. The Hall–Kier alpha value is -2.23. The number of carbonyl (C=O) groups excluding carboxylic acids is 1. The van der Waals surface area contributed by atoms with Crippen LogP contribution in [0.2, 0.25) is 0 Å². The normalized spacial score (nSPS) is 10.2. The molecule has 0 spiro atoms. The average molecular weight is 269 g/mol. The zero-order valence-electron chi connectivity index (χ0n) is 11.7. The third-order valence-corrected chi connectivity index (χ3v) is 3.08. The minimum atomic E-state index is 0.0939. The second kappa shape index (κ2) is 7.38. The van der Waals surface area contributed by atoms with Crippen molar-refractivity contribution in [3.05, 3.63) is 48.4 Å². The Morgan fingerprint density at radius 1 is 1.20 bits per heavy atom. The molecule has 0 aromatic carbocycles. The molecule has 0 saturated carbocycles. The van der Waals surface area contributed by atoms with Crippen LogP contribution in [0.1, 0.15) is 31.7 Å². The Morgan fingerprint density at radius 2 is 2.00 bits per heavy atom. The van der Waals surface area contributed by atoms with Gasteiger partial charge in [-0.3, -0.25) is 14.8 Å². The van der Waals surface area contributed by atoms with E-state index in [1.807, 2.05) is 24.3 Å². The van der Waals surface area contributed by atoms with Crippen LogP contribution in [0.5, 0.6) is 0 Å². The number of hydrogen-bond donors (Lipinski definition) is 1. The summed E-state index contributed by atoms with van der Waals surface area (Å²) in [5, 5.41) is 2.95. The first-order valence-corrected chi connectivity index (χ1v) is 6.92. The van der Waals surface area contributed by atoms with Gasteiger partial charge >= 0.3 is 0 Å². The Kier molecular flexibility index (Phi) is 5.24. The largest absolute Gasteiger partial charge is 0.352 e. The van der Waals surface area contributed by atoms with Crippen molar-refractivity contribution in [2.75, 3.05) is 0 Å². The molecular weight excluding hydrogens is 250 g/mol. The van der Waals surface area contributed by atoms with Gasteiger partial charge < -0.3 is 5.32 Å². The first-order chi connectivity index (χ1) is 9.81. The number of unbranched alkanes of at least 4 members (excludes halogenated alkanes) is 1. The molecule has 0 aliphatic carbocycles. The van der Waals surface area contributed by atoms with E-state index in [1.165, 1.54) is 0 Å². The third-order valence-electron chi connectivity index (χ3n) is 3.08. The summed E-state index contributed by atoms with van der Waals surface area (Å²) in [6.07, 6.45) is 7.79. The van der Waals surface area contributed by atoms with Crippen LogP contribution >= 0.6 is 0 Å². The van der Waals surface area contributed by atoms with Gasteiger partial charge in [0.05, 0.1) is 5.69 Å². The van der Waals surface area contributed by atoms with Crippen LogP contribution in [-0.4, -0.2) is 15.9 Å². The fourth-order valence-corrected chi connectivity index (χ4v) is 1.97. The molecule has 104 valence electrons. The fraction of sp³-hybridized carbons (Fsp3) is 0.312. The summed E-state index contributed by atoms with van der Waals surface area (Å²) in [7, 11) is 0. The van der Waals surface area contributed by atoms with E-state index in [0.717, 1.165) is 29.7 Å². The predicted octanol–water partition coefficient (Wildman–Crippen LogP) is 2.95. The second-order valence-electron chi connectivity index (χ2n) is 4.63. The van der Waals surface area contributed by atoms with E-state index < -0.39 is 0 Å². The van der Waals surface area contributed by atoms with E-state index in [2.05, 4.69) is 22.2 Å². The monoisotopic (exact) mass is 269 g/mol. The number of pyridine rings is 2. The molecule has 0 fully saturated rings. The van der Waals surface area contributed by atoms with Crippen LogP contribution in [0.25, 0.3) is 11.3 Å². The van der Waals surface area contributed by atoms with Gasteiger partial charge in [-0.05, 0) is 30.2 Å². The number of aromatic nitrogens is 2. The quantitative estimate of drug-likeness (QED) is 0.877. The lowest BCUT2D eigenvalue weighted by molar-refractivity contribution is -0.121. The Bertz CT molecular complexity index is 555. The van der Waals surface area contributed by atoms with Crippen molar-refractivity contribution >= 4 is 5.91 Å². The standard InChI is InChI=1S/C16H19N3O/c1-2-3-6-15(20)19-12-14-5-4-9-18-16(14)13-7-10-17-11-8-13/h4-5,7-11H,2-3,6,12H2,1H3,(H,19,20). The van der Waals surface area contributed by atoms with E-state index in [9.17, 15) is 4.79 Å². The van der Waals surface area contributed by atoms with Gasteiger partial charge in [0.25, 0.3) is 0 Å². The van der Waals surface area contributed by atoms with E-state index in [4.69, 9.17) is 0 Å². The number of nitrogens with zero attached hydrogens (tertiary/aromatic N) is 2. The van der Waals surface area contributed by atoms with E-state index in [0.29, 0.717) is 13.0 Å². The maximum Gasteiger partial charge on any atom is 0.220 e. The highest BCUT2D eigenvalue weighted by atomic mass is 16.1. The molecule has 1 amide bonds. The highest BCUT2D eigenvalue weighted by molar-refractivity contribution is 5.76. The van der Waals surface area contributed by atoms with Crippen LogP contribution in [0.4, 0.5) is 0 Å². The third kappa shape index (κ3) is 3.88. The summed E-state index contributed by atoms with van der Waals surface area (Å²) >= 11 is 0. The number of nitrogens with one attached hydrogen (secondary N) is 1. The second-order valence-corrected chi connectivity index (χ2v) is 4.63. The van der Waals surface area contributed by atoms with E-state index in [-0.39, 0.29) is 5.91 Å². The summed E-state index contributed by atoms with van der Waals surface area (Å²) in [6, 6.07) is 7.72. The van der Waals surface area contributed by atoms with Crippen molar-refractivity contribution in [2.45, 2.75) is 32.7 Å². The lowest BCUT2D eigenvalue weighted by Crippen LogP contribution is -2.22. The topological polar surface area (TPSA) is 54.9 Å². The van der Waals surface area contributed by atoms with Crippen molar-refractivity contribution in [1.29, 1.82) is 0 Å². The molecule has 0 radical (unpaired) electrons. The fourth-order valence-electron chi connectivity index (χ4n) is 1.97. The van der Waals surface area contributed by atoms with Crippen LogP contribution in [0, 0.1) is 0 Å². The number of carbonyl (C=O) groups is 1. The molecule has 0 saturated heterocycles. The first-order valence-electron chi connectivity index (χ1n) is 6.92. The number of hydrogen-bond acceptors (Lipinski definition) is 3. The highest BCUT2D eigenvalue weighted by Crippen LogP contribution is 2.19. The van der Waals surface area contributed by atoms with Crippen molar-refractivity contribution in [1.82, 2.24) is 15.3 Å². The molecular formula is C16H19N3O. The molecule has 0 aliphatic heterocycles. The zero-order valence-corrected chi connectivity index (χ0v) is 11.7. The summed E-state index contributed by atoms with van der Waals surface area (Å²) in [5.74, 6) is 0.0939. The molecule has 4 nitrogen and oxygen atoms in total. The van der Waals surface area contributed by atoms with E-state index in [1.54, 1.807) is 18.6 Å². The van der Waals surface area contributed by atoms with Crippen LogP contribution < -0.4 is 5.32 Å². The van der Waals surface area contributed by atoms with E-state index >= 15 is 0 Å². The van der Waals surface area contributed by atoms with Crippen LogP contribution in [-0.2, 0) is 11.3 Å². The summed E-state index contributed by atoms with van der Waals surface area (Å²) in [4.78, 5) is 20.1. The molecule has 2 rings (SSSR count). The van der Waals surface area contributed by atoms with Crippen molar-refractivity contribution in [3.8, 4) is 11.3 Å². The molecule has 0 aliphatic rings. The maximum absolute atomic E-state index is 11.7. The van der Waals surface area contributed by atoms with Gasteiger partial charge in [-0.1, -0.05) is 19.4 Å². The van der Waals surface area contributed by atoms with Gasteiger partial charge in [-0.25, -0.2) is 0 Å². The lowest BCUT2D eigenvalue weighted by atomic mass is 10.1. The van der Waals surface area contributed by atoms with Crippen molar-refractivity contribution in [2.24, 2.45) is 0 Å². The summed E-state index contributed by atoms with van der Waals surface area (Å²) < 4.78 is 0. The Morgan fingerprint density at radius 3 is 2.75 bits per heavy atom. The molecule has 0 bridgehead atoms. The molecule has 2 aromatic heterocycles. The van der Waals surface area contributed by atoms with Crippen molar-refractivity contribution in [3.63, 3.8) is 0 Å².